The largest absolute Gasteiger partial charge is 0.427 e. The maximum atomic E-state index is 12.7. The number of nitrogens with zero attached hydrogens (tertiary/aromatic N) is 1. The van der Waals surface area contributed by atoms with E-state index in [9.17, 15) is 31.1 Å². The number of carbonyl (C=O) groups is 1. The molecule has 0 aliphatic heterocycles. The smallest absolute Gasteiger partial charge is 0.302 e. The van der Waals surface area contributed by atoms with Gasteiger partial charge in [0.25, 0.3) is 0 Å². The molecule has 1 heterocycles. The predicted molar refractivity (Wildman–Crippen MR) is 72.0 cm³/mol. The number of thiazole rings is 1. The second kappa shape index (κ2) is 6.29. The molecule has 0 spiro atoms. The fraction of sp³-hybridized carbons (Fsp3) is 0.692. The van der Waals surface area contributed by atoms with E-state index >= 15 is 0 Å². The average molecular weight is 360 g/mol. The monoisotopic (exact) mass is 360 g/mol. The van der Waals surface area contributed by atoms with Gasteiger partial charge in [-0.2, -0.15) is 26.3 Å². The van der Waals surface area contributed by atoms with Gasteiger partial charge in [-0.3, -0.25) is 4.79 Å². The number of aryl methyl sites for hydroxylation is 1. The van der Waals surface area contributed by atoms with Gasteiger partial charge in [-0.15, -0.1) is 0 Å². The van der Waals surface area contributed by atoms with Crippen LogP contribution in [0.15, 0.2) is 0 Å². The Hall–Kier alpha value is -1.32. The Labute approximate surface area is 132 Å². The topological polar surface area (TPSA) is 42.0 Å². The van der Waals surface area contributed by atoms with Crippen molar-refractivity contribution in [2.24, 2.45) is 11.8 Å². The second-order valence-electron chi connectivity index (χ2n) is 5.51. The molecule has 0 aromatic carbocycles. The van der Waals surface area contributed by atoms with E-state index in [4.69, 9.17) is 0 Å². The summed E-state index contributed by atoms with van der Waals surface area (Å²) in [7, 11) is 0. The van der Waals surface area contributed by atoms with Gasteiger partial charge in [-0.25, -0.2) is 4.98 Å². The molecule has 130 valence electrons. The fourth-order valence-corrected chi connectivity index (χ4v) is 3.44. The summed E-state index contributed by atoms with van der Waals surface area (Å²) in [6.07, 6.45) is -8.98. The SMILES string of the molecule is Cc1nc(NC(=O)C2CCC(C(F)(F)F)CC2)sc1C(F)(F)F. The minimum Gasteiger partial charge on any atom is -0.302 e. The lowest BCUT2D eigenvalue weighted by atomic mass is 9.81. The lowest BCUT2D eigenvalue weighted by Crippen LogP contribution is -2.32. The molecule has 1 fully saturated rings. The van der Waals surface area contributed by atoms with Crippen LogP contribution in [0.4, 0.5) is 31.5 Å². The first-order chi connectivity index (χ1) is 10.5. The summed E-state index contributed by atoms with van der Waals surface area (Å²) in [6.45, 7) is 1.18. The number of halogens is 6. The van der Waals surface area contributed by atoms with Gasteiger partial charge in [0.1, 0.15) is 4.88 Å². The number of anilines is 1. The van der Waals surface area contributed by atoms with Crippen molar-refractivity contribution >= 4 is 22.4 Å². The van der Waals surface area contributed by atoms with Crippen molar-refractivity contribution in [1.29, 1.82) is 0 Å². The predicted octanol–water partition coefficient (Wildman–Crippen LogP) is 4.78. The van der Waals surface area contributed by atoms with Crippen LogP contribution in [-0.4, -0.2) is 17.1 Å². The van der Waals surface area contributed by atoms with Gasteiger partial charge in [-0.05, 0) is 32.6 Å². The summed E-state index contributed by atoms with van der Waals surface area (Å²) in [5.74, 6) is -2.62. The standard InChI is InChI=1S/C13H14F6N2OS/c1-6-9(13(17,18)19)23-11(20-6)21-10(22)7-2-4-8(5-3-7)12(14,15)16/h7-8H,2-5H2,1H3,(H,20,21,22). The molecule has 2 rings (SSSR count). The van der Waals surface area contributed by atoms with Crippen molar-refractivity contribution in [3.63, 3.8) is 0 Å². The van der Waals surface area contributed by atoms with E-state index in [0.717, 1.165) is 0 Å². The van der Waals surface area contributed by atoms with E-state index in [1.807, 2.05) is 0 Å². The summed E-state index contributed by atoms with van der Waals surface area (Å²) < 4.78 is 75.7. The van der Waals surface area contributed by atoms with Crippen LogP contribution in [0.3, 0.4) is 0 Å². The zero-order valence-corrected chi connectivity index (χ0v) is 12.8. The molecule has 1 aromatic rings. The van der Waals surface area contributed by atoms with E-state index < -0.39 is 35.0 Å². The van der Waals surface area contributed by atoms with E-state index in [0.29, 0.717) is 11.3 Å². The third-order valence-electron chi connectivity index (χ3n) is 3.85. The van der Waals surface area contributed by atoms with Crippen LogP contribution in [0.25, 0.3) is 0 Å². The number of hydrogen-bond donors (Lipinski definition) is 1. The van der Waals surface area contributed by atoms with Crippen LogP contribution in [-0.2, 0) is 11.0 Å². The summed E-state index contributed by atoms with van der Waals surface area (Å²) in [5, 5.41) is 2.10. The first-order valence-corrected chi connectivity index (χ1v) is 7.72. The molecule has 0 radical (unpaired) electrons. The molecule has 0 saturated heterocycles. The molecule has 1 N–H and O–H groups in total. The van der Waals surface area contributed by atoms with Crippen LogP contribution in [0.5, 0.6) is 0 Å². The van der Waals surface area contributed by atoms with Crippen LogP contribution in [0.2, 0.25) is 0 Å². The van der Waals surface area contributed by atoms with E-state index in [1.54, 1.807) is 0 Å². The van der Waals surface area contributed by atoms with Gasteiger partial charge in [-0.1, -0.05) is 11.3 Å². The van der Waals surface area contributed by atoms with Crippen molar-refractivity contribution < 1.29 is 31.1 Å². The average Bonchev–Trinajstić information content (AvgIpc) is 2.78. The molecule has 3 nitrogen and oxygen atoms in total. The third-order valence-corrected chi connectivity index (χ3v) is 4.96. The van der Waals surface area contributed by atoms with Gasteiger partial charge in [0.2, 0.25) is 5.91 Å². The van der Waals surface area contributed by atoms with Crippen LogP contribution in [0.1, 0.15) is 36.3 Å². The Morgan fingerprint density at radius 1 is 1.13 bits per heavy atom. The highest BCUT2D eigenvalue weighted by Crippen LogP contribution is 2.41. The third kappa shape index (κ3) is 4.36. The highest BCUT2D eigenvalue weighted by Gasteiger charge is 2.42. The second-order valence-corrected chi connectivity index (χ2v) is 6.51. The number of alkyl halides is 6. The highest BCUT2D eigenvalue weighted by atomic mass is 32.1. The summed E-state index contributed by atoms with van der Waals surface area (Å²) in [6, 6.07) is 0. The Morgan fingerprint density at radius 2 is 1.70 bits per heavy atom. The molecule has 23 heavy (non-hydrogen) atoms. The van der Waals surface area contributed by atoms with Crippen molar-refractivity contribution in [2.75, 3.05) is 5.32 Å². The Balaban J connectivity index is 1.96. The van der Waals surface area contributed by atoms with Gasteiger partial charge in [0.15, 0.2) is 5.13 Å². The number of aromatic nitrogens is 1. The van der Waals surface area contributed by atoms with Gasteiger partial charge in [0, 0.05) is 5.92 Å². The van der Waals surface area contributed by atoms with Crippen molar-refractivity contribution in [3.05, 3.63) is 10.6 Å². The first kappa shape index (κ1) is 18.0. The zero-order chi connectivity index (χ0) is 17.4. The maximum absolute atomic E-state index is 12.7. The molecule has 0 bridgehead atoms. The van der Waals surface area contributed by atoms with Crippen LogP contribution >= 0.6 is 11.3 Å². The minimum absolute atomic E-state index is 0.0620. The minimum atomic E-state index is -4.55. The molecule has 0 atom stereocenters. The van der Waals surface area contributed by atoms with Crippen molar-refractivity contribution in [1.82, 2.24) is 4.98 Å². The lowest BCUT2D eigenvalue weighted by molar-refractivity contribution is -0.184. The van der Waals surface area contributed by atoms with E-state index in [1.165, 1.54) is 6.92 Å². The Bertz CT molecular complexity index is 572. The fourth-order valence-electron chi connectivity index (χ4n) is 2.60. The molecule has 1 aromatic heterocycles. The number of carbonyl (C=O) groups excluding carboxylic acids is 1. The zero-order valence-electron chi connectivity index (χ0n) is 12.0. The van der Waals surface area contributed by atoms with Gasteiger partial charge < -0.3 is 5.32 Å². The summed E-state index contributed by atoms with van der Waals surface area (Å²) in [4.78, 5) is 14.7. The van der Waals surface area contributed by atoms with E-state index in [2.05, 4.69) is 10.3 Å². The molecular formula is C13H14F6N2OS. The van der Waals surface area contributed by atoms with E-state index in [-0.39, 0.29) is 36.5 Å². The van der Waals surface area contributed by atoms with Crippen LogP contribution in [0, 0.1) is 18.8 Å². The lowest BCUT2D eigenvalue weighted by Gasteiger charge is -2.28. The molecule has 0 unspecified atom stereocenters. The quantitative estimate of drug-likeness (QED) is 0.772. The number of nitrogens with one attached hydrogen (secondary N) is 1. The maximum Gasteiger partial charge on any atom is 0.427 e. The van der Waals surface area contributed by atoms with Gasteiger partial charge >= 0.3 is 12.4 Å². The molecular weight excluding hydrogens is 346 g/mol. The highest BCUT2D eigenvalue weighted by molar-refractivity contribution is 7.16. The normalized spacial score (nSPS) is 22.9. The molecule has 1 saturated carbocycles. The number of amides is 1. The Morgan fingerprint density at radius 3 is 2.13 bits per heavy atom. The van der Waals surface area contributed by atoms with Gasteiger partial charge in [0.05, 0.1) is 11.6 Å². The molecule has 1 aliphatic rings. The summed E-state index contributed by atoms with van der Waals surface area (Å²) in [5.41, 5.74) is -0.237. The molecule has 10 heteroatoms. The number of hydrogen-bond acceptors (Lipinski definition) is 3. The Kier molecular flexibility index (Phi) is 4.93. The van der Waals surface area contributed by atoms with Crippen LogP contribution < -0.4 is 5.32 Å². The molecule has 1 aliphatic carbocycles. The summed E-state index contributed by atoms with van der Waals surface area (Å²) >= 11 is 0.316. The first-order valence-electron chi connectivity index (χ1n) is 6.90. The number of rotatable bonds is 2. The van der Waals surface area contributed by atoms with Crippen molar-refractivity contribution in [3.8, 4) is 0 Å². The van der Waals surface area contributed by atoms with Crippen molar-refractivity contribution in [2.45, 2.75) is 45.0 Å². The molecule has 1 amide bonds.